The number of nitrogens with one attached hydrogen (secondary N) is 1. The first-order valence-corrected chi connectivity index (χ1v) is 19.5. The van der Waals surface area contributed by atoms with Crippen molar-refractivity contribution in [2.75, 3.05) is 0 Å². The molecule has 0 saturated carbocycles. The molecule has 0 bridgehead atoms. The Labute approximate surface area is 290 Å². The summed E-state index contributed by atoms with van der Waals surface area (Å²) in [6.45, 7) is 0. The third kappa shape index (κ3) is 9.97. The zero-order valence-corrected chi connectivity index (χ0v) is 29.1. The molecular formula is C36H32N3O8P3. The lowest BCUT2D eigenvalue weighted by atomic mass is 10.3. The van der Waals surface area contributed by atoms with E-state index >= 15 is 0 Å². The molecule has 0 amide bonds. The van der Waals surface area contributed by atoms with Gasteiger partial charge in [0.05, 0.1) is 0 Å². The van der Waals surface area contributed by atoms with Gasteiger partial charge in [-0.1, -0.05) is 95.5 Å². The van der Waals surface area contributed by atoms with Gasteiger partial charge in [-0.25, -0.2) is 5.16 Å². The molecule has 0 aromatic heterocycles. The van der Waals surface area contributed by atoms with E-state index in [0.29, 0.717) is 28.7 Å². The maximum Gasteiger partial charge on any atom is 0.459 e. The van der Waals surface area contributed by atoms with Gasteiger partial charge in [0.2, 0.25) is 0 Å². The third-order valence-corrected chi connectivity index (χ3v) is 12.5. The highest BCUT2D eigenvalue weighted by Gasteiger charge is 2.36. The third-order valence-electron chi connectivity index (χ3n) is 6.35. The van der Waals surface area contributed by atoms with E-state index in [1.165, 1.54) is 18.2 Å². The predicted octanol–water partition coefficient (Wildman–Crippen LogP) is 11.6. The van der Waals surface area contributed by atoms with Crippen LogP contribution >= 0.6 is 23.5 Å². The second-order valence-electron chi connectivity index (χ2n) is 10.3. The summed E-state index contributed by atoms with van der Waals surface area (Å²) in [4.78, 5) is 0. The van der Waals surface area contributed by atoms with Gasteiger partial charge in [0.25, 0.3) is 0 Å². The molecule has 0 spiro atoms. The number of phenols is 2. The maximum atomic E-state index is 10.2. The lowest BCUT2D eigenvalue weighted by molar-refractivity contribution is 0.441. The van der Waals surface area contributed by atoms with Crippen molar-refractivity contribution in [1.82, 2.24) is 0 Å². The zero-order chi connectivity index (χ0) is 34.7. The minimum Gasteiger partial charge on any atom is -0.508 e. The zero-order valence-electron chi connectivity index (χ0n) is 26.3. The van der Waals surface area contributed by atoms with E-state index < -0.39 is 23.5 Å². The topological polar surface area (TPSA) is 144 Å². The van der Waals surface area contributed by atoms with Crippen LogP contribution in [-0.2, 0) is 0 Å². The fourth-order valence-corrected chi connectivity index (χ4v) is 10.4. The number of benzene rings is 6. The Kier molecular flexibility index (Phi) is 11.1. The lowest BCUT2D eigenvalue weighted by Crippen LogP contribution is -2.04. The maximum absolute atomic E-state index is 10.2. The molecule has 3 N–H and O–H groups in total. The molecule has 6 aromatic carbocycles. The molecule has 0 fully saturated rings. The first-order valence-electron chi connectivity index (χ1n) is 15.1. The van der Waals surface area contributed by atoms with Crippen LogP contribution in [0, 0.1) is 5.16 Å². The Morgan fingerprint density at radius 2 is 0.780 bits per heavy atom. The summed E-state index contributed by atoms with van der Waals surface area (Å²) < 4.78 is 48.1. The highest BCUT2D eigenvalue weighted by Crippen LogP contribution is 2.67. The normalized spacial score (nSPS) is 11.9. The van der Waals surface area contributed by atoms with Crippen LogP contribution in [0.3, 0.4) is 0 Å². The van der Waals surface area contributed by atoms with Gasteiger partial charge in [0, 0.05) is 18.2 Å². The molecule has 11 nitrogen and oxygen atoms in total. The van der Waals surface area contributed by atoms with E-state index in [-0.39, 0.29) is 17.2 Å². The van der Waals surface area contributed by atoms with E-state index in [1.54, 1.807) is 121 Å². The van der Waals surface area contributed by atoms with E-state index in [1.807, 2.05) is 30.3 Å². The van der Waals surface area contributed by atoms with Crippen molar-refractivity contribution in [2.45, 2.75) is 0 Å². The van der Waals surface area contributed by atoms with Gasteiger partial charge < -0.3 is 37.4 Å². The summed E-state index contributed by atoms with van der Waals surface area (Å²) in [5, 5.41) is 30.2. The Morgan fingerprint density at radius 3 is 1.18 bits per heavy atom. The monoisotopic (exact) mass is 727 g/mol. The van der Waals surface area contributed by atoms with Gasteiger partial charge in [-0.2, -0.15) is 0 Å². The minimum absolute atomic E-state index is 0.0570. The van der Waals surface area contributed by atoms with Crippen molar-refractivity contribution in [1.29, 1.82) is 5.16 Å². The molecule has 0 radical (unpaired) electrons. The summed E-state index contributed by atoms with van der Waals surface area (Å²) in [5.41, 5.74) is 0. The highest BCUT2D eigenvalue weighted by molar-refractivity contribution is 7.69. The number of para-hydroxylation sites is 5. The lowest BCUT2D eigenvalue weighted by Gasteiger charge is -2.26. The van der Waals surface area contributed by atoms with Gasteiger partial charge in [0.1, 0.15) is 46.0 Å². The summed E-state index contributed by atoms with van der Waals surface area (Å²) in [5.74, 6) is 1.28. The van der Waals surface area contributed by atoms with E-state index in [9.17, 15) is 15.4 Å². The van der Waals surface area contributed by atoms with Crippen LogP contribution in [0.2, 0.25) is 0 Å². The smallest absolute Gasteiger partial charge is 0.459 e. The fourth-order valence-electron chi connectivity index (χ4n) is 4.29. The molecule has 0 aliphatic carbocycles. The van der Waals surface area contributed by atoms with Gasteiger partial charge in [-0.15, -0.1) is 4.52 Å². The Morgan fingerprint density at radius 1 is 0.440 bits per heavy atom. The summed E-state index contributed by atoms with van der Waals surface area (Å²) in [6, 6.07) is 47.6. The first-order chi connectivity index (χ1) is 24.3. The molecule has 0 aliphatic rings. The second-order valence-corrected chi connectivity index (χ2v) is 15.5. The standard InChI is InChI=1S/C36H32N3O8P3/c37-49(44-32-18-8-2-9-19-32,45-33-20-10-3-11-21-33)39-50(46-34-22-12-4-13-23-34,47-35-24-14-5-15-25-35)38-48(42-31-16-6-1-7-17-31)43-36-27-29(40)26-30(41)28-36/h1-28,37,40-41,48H. The fraction of sp³-hybridized carbons (Fsp3) is 0. The molecule has 14 heteroatoms. The first kappa shape index (κ1) is 34.3. The summed E-state index contributed by atoms with van der Waals surface area (Å²) in [6.07, 6.45) is 0. The van der Waals surface area contributed by atoms with Crippen LogP contribution in [0.25, 0.3) is 0 Å². The number of nitrogens with zero attached hydrogens (tertiary/aromatic N) is 2. The molecule has 6 rings (SSSR count). The Hall–Kier alpha value is -5.59. The van der Waals surface area contributed by atoms with Crippen LogP contribution in [0.1, 0.15) is 0 Å². The Bertz CT molecular complexity index is 2020. The number of rotatable bonds is 14. The quantitative estimate of drug-likeness (QED) is 0.0940. The van der Waals surface area contributed by atoms with Crippen LogP contribution < -0.4 is 27.1 Å². The van der Waals surface area contributed by atoms with Gasteiger partial charge in [0.15, 0.2) is 0 Å². The SMILES string of the molecule is N=P(N=P(/N=[PH](/Oc1ccccc1)Oc1cc(O)cc(O)c1)(Oc1ccccc1)Oc1ccccc1)(Oc1ccccc1)Oc1ccccc1. The van der Waals surface area contributed by atoms with Crippen LogP contribution in [0.15, 0.2) is 179 Å². The predicted molar refractivity (Wildman–Crippen MR) is 195 cm³/mol. The van der Waals surface area contributed by atoms with Crippen molar-refractivity contribution in [3.05, 3.63) is 170 Å². The molecule has 1 atom stereocenters. The van der Waals surface area contributed by atoms with E-state index in [0.717, 1.165) is 0 Å². The number of aromatic hydroxyl groups is 2. The minimum atomic E-state index is -4.16. The van der Waals surface area contributed by atoms with Crippen molar-refractivity contribution in [2.24, 2.45) is 9.03 Å². The average Bonchev–Trinajstić information content (AvgIpc) is 3.10. The highest BCUT2D eigenvalue weighted by atomic mass is 31.2. The van der Waals surface area contributed by atoms with Crippen molar-refractivity contribution in [3.63, 3.8) is 0 Å². The second kappa shape index (κ2) is 16.2. The van der Waals surface area contributed by atoms with Crippen molar-refractivity contribution >= 4 is 23.5 Å². The molecule has 1 unspecified atom stereocenters. The molecule has 0 saturated heterocycles. The van der Waals surface area contributed by atoms with Crippen LogP contribution in [-0.4, -0.2) is 10.2 Å². The molecule has 50 heavy (non-hydrogen) atoms. The van der Waals surface area contributed by atoms with Crippen LogP contribution in [0.4, 0.5) is 0 Å². The van der Waals surface area contributed by atoms with Crippen molar-refractivity contribution in [3.8, 4) is 46.0 Å². The largest absolute Gasteiger partial charge is 0.508 e. The molecule has 0 aliphatic heterocycles. The Balaban J connectivity index is 1.61. The van der Waals surface area contributed by atoms with E-state index in [4.69, 9.17) is 36.2 Å². The molecule has 0 heterocycles. The van der Waals surface area contributed by atoms with E-state index in [2.05, 4.69) is 0 Å². The number of hydrogen-bond donors (Lipinski definition) is 3. The van der Waals surface area contributed by atoms with Crippen molar-refractivity contribution < 1.29 is 37.4 Å². The van der Waals surface area contributed by atoms with Gasteiger partial charge in [-0.05, 0) is 60.7 Å². The number of phenolic OH excluding ortho intramolecular Hbond substituents is 2. The summed E-state index contributed by atoms with van der Waals surface area (Å²) in [7, 11) is -11.3. The average molecular weight is 728 g/mol. The molecular weight excluding hydrogens is 695 g/mol. The molecule has 6 aromatic rings. The molecule has 254 valence electrons. The van der Waals surface area contributed by atoms with Crippen LogP contribution in [0.5, 0.6) is 46.0 Å². The summed E-state index contributed by atoms with van der Waals surface area (Å²) >= 11 is 0. The van der Waals surface area contributed by atoms with Gasteiger partial charge in [-0.3, -0.25) is 0 Å². The van der Waals surface area contributed by atoms with Gasteiger partial charge >= 0.3 is 23.5 Å². The number of hydrogen-bond acceptors (Lipinski definition) is 9.